The summed E-state index contributed by atoms with van der Waals surface area (Å²) in [6.45, 7) is -0.870. The van der Waals surface area contributed by atoms with Crippen molar-refractivity contribution >= 4 is 0 Å². The largest absolute Gasteiger partial charge is 0.391 e. The van der Waals surface area contributed by atoms with Crippen molar-refractivity contribution in [2.45, 2.75) is 24.4 Å². The van der Waals surface area contributed by atoms with Gasteiger partial charge in [0.15, 0.2) is 0 Å². The Morgan fingerprint density at radius 3 is 1.37 bits per heavy atom. The third-order valence-corrected chi connectivity index (χ3v) is 2.82. The number of hydrogen-bond acceptors (Lipinski definition) is 9. The van der Waals surface area contributed by atoms with Gasteiger partial charge in [-0.1, -0.05) is 15.3 Å². The average molecular weight is 389 g/mol. The Morgan fingerprint density at radius 2 is 1.00 bits per heavy atom. The van der Waals surface area contributed by atoms with E-state index in [9.17, 15) is 15.3 Å². The summed E-state index contributed by atoms with van der Waals surface area (Å²) >= 11 is 0. The lowest BCUT2D eigenvalue weighted by Gasteiger charge is -2.21. The molecule has 3 N–H and O–H groups in total. The molecule has 0 aromatic rings. The fourth-order valence-corrected chi connectivity index (χ4v) is 1.61. The molecule has 0 aromatic carbocycles. The Hall–Kier alpha value is -2.31. The highest BCUT2D eigenvalue weighted by Gasteiger charge is 2.15. The minimum absolute atomic E-state index is 0.0198. The van der Waals surface area contributed by atoms with Crippen LogP contribution in [0.3, 0.4) is 0 Å². The normalized spacial score (nSPS) is 14.8. The van der Waals surface area contributed by atoms with Gasteiger partial charge in [0.2, 0.25) is 0 Å². The lowest BCUT2D eigenvalue weighted by molar-refractivity contribution is -0.0944. The Labute approximate surface area is 154 Å². The second kappa shape index (κ2) is 17.1. The molecule has 0 bridgehead atoms. The van der Waals surface area contributed by atoms with Crippen molar-refractivity contribution in [1.29, 1.82) is 0 Å². The molecule has 0 saturated carbocycles. The van der Waals surface area contributed by atoms with Crippen LogP contribution in [0.25, 0.3) is 31.3 Å². The van der Waals surface area contributed by atoms with Gasteiger partial charge in [0.05, 0.1) is 71.0 Å². The van der Waals surface area contributed by atoms with Crippen molar-refractivity contribution in [3.05, 3.63) is 31.3 Å². The summed E-state index contributed by atoms with van der Waals surface area (Å²) in [7, 11) is 0. The van der Waals surface area contributed by atoms with E-state index in [0.29, 0.717) is 0 Å². The highest BCUT2D eigenvalue weighted by molar-refractivity contribution is 4.65. The summed E-state index contributed by atoms with van der Waals surface area (Å²) in [6, 6.07) is 0. The maximum Gasteiger partial charge on any atom is 0.104 e. The van der Waals surface area contributed by atoms with Gasteiger partial charge in [0.1, 0.15) is 6.10 Å². The van der Waals surface area contributed by atoms with E-state index in [2.05, 4.69) is 30.1 Å². The molecule has 0 fully saturated rings. The van der Waals surface area contributed by atoms with Crippen molar-refractivity contribution in [2.24, 2.45) is 15.3 Å². The molecule has 15 nitrogen and oxygen atoms in total. The first-order valence-corrected chi connectivity index (χ1v) is 7.87. The van der Waals surface area contributed by atoms with E-state index in [4.69, 9.17) is 30.8 Å². The van der Waals surface area contributed by atoms with Crippen LogP contribution in [-0.2, 0) is 14.2 Å². The molecular formula is C12H23N9O6. The molecule has 0 rings (SSSR count). The number of aliphatic hydroxyl groups is 3. The molecule has 27 heavy (non-hydrogen) atoms. The van der Waals surface area contributed by atoms with Crippen molar-refractivity contribution < 1.29 is 29.5 Å². The topological polar surface area (TPSA) is 235 Å². The van der Waals surface area contributed by atoms with Gasteiger partial charge in [-0.15, -0.1) is 0 Å². The van der Waals surface area contributed by atoms with E-state index in [1.165, 1.54) is 0 Å². The first kappa shape index (κ1) is 24.7. The van der Waals surface area contributed by atoms with E-state index >= 15 is 0 Å². The van der Waals surface area contributed by atoms with Gasteiger partial charge in [-0.25, -0.2) is 0 Å². The fraction of sp³-hybridized carbons (Fsp3) is 1.00. The van der Waals surface area contributed by atoms with Gasteiger partial charge < -0.3 is 29.5 Å². The predicted octanol–water partition coefficient (Wildman–Crippen LogP) is 0.418. The van der Waals surface area contributed by atoms with Crippen LogP contribution in [0.1, 0.15) is 0 Å². The predicted molar refractivity (Wildman–Crippen MR) is 91.4 cm³/mol. The van der Waals surface area contributed by atoms with E-state index in [1.807, 2.05) is 0 Å². The van der Waals surface area contributed by atoms with Crippen molar-refractivity contribution in [2.75, 3.05) is 52.7 Å². The molecular weight excluding hydrogens is 366 g/mol. The number of hydrogen-bond donors (Lipinski definition) is 3. The number of nitrogens with zero attached hydrogens (tertiary/aromatic N) is 9. The molecule has 0 aliphatic rings. The van der Waals surface area contributed by atoms with Crippen LogP contribution < -0.4 is 0 Å². The Bertz CT molecular complexity index is 501. The molecule has 3 atom stereocenters. The van der Waals surface area contributed by atoms with Crippen LogP contribution in [0.5, 0.6) is 0 Å². The summed E-state index contributed by atoms with van der Waals surface area (Å²) in [6.07, 6.45) is -3.65. The summed E-state index contributed by atoms with van der Waals surface area (Å²) in [5.41, 5.74) is 24.6. The molecule has 0 amide bonds. The van der Waals surface area contributed by atoms with Gasteiger partial charge in [-0.2, -0.15) is 0 Å². The number of rotatable bonds is 17. The van der Waals surface area contributed by atoms with Gasteiger partial charge in [0.25, 0.3) is 0 Å². The van der Waals surface area contributed by atoms with Crippen molar-refractivity contribution in [3.8, 4) is 0 Å². The smallest absolute Gasteiger partial charge is 0.104 e. The van der Waals surface area contributed by atoms with E-state index in [0.717, 1.165) is 0 Å². The highest BCUT2D eigenvalue weighted by Crippen LogP contribution is 2.01. The lowest BCUT2D eigenvalue weighted by Crippen LogP contribution is -2.33. The van der Waals surface area contributed by atoms with Crippen molar-refractivity contribution in [3.63, 3.8) is 0 Å². The standard InChI is InChI=1S/C12H23N9O6/c13-19-16-1-9(22)4-25-7-12(27-6-11(24)3-18-21-15)8-26-5-10(23)2-17-20-14/h9-12,22-24H,1-8H2. The summed E-state index contributed by atoms with van der Waals surface area (Å²) in [5.74, 6) is 0. The van der Waals surface area contributed by atoms with Gasteiger partial charge >= 0.3 is 0 Å². The van der Waals surface area contributed by atoms with Crippen LogP contribution >= 0.6 is 0 Å². The Kier molecular flexibility index (Phi) is 15.7. The minimum atomic E-state index is -1.02. The zero-order valence-corrected chi connectivity index (χ0v) is 14.6. The number of ether oxygens (including phenoxy) is 3. The minimum Gasteiger partial charge on any atom is -0.391 e. The maximum atomic E-state index is 9.61. The van der Waals surface area contributed by atoms with E-state index in [-0.39, 0.29) is 52.7 Å². The van der Waals surface area contributed by atoms with Gasteiger partial charge in [-0.05, 0) is 16.6 Å². The zero-order valence-electron chi connectivity index (χ0n) is 14.6. The Balaban J connectivity index is 4.35. The third kappa shape index (κ3) is 15.6. The second-order valence-corrected chi connectivity index (χ2v) is 5.23. The van der Waals surface area contributed by atoms with E-state index < -0.39 is 24.4 Å². The first-order chi connectivity index (χ1) is 13.0. The van der Waals surface area contributed by atoms with Crippen LogP contribution in [0.15, 0.2) is 15.3 Å². The Morgan fingerprint density at radius 1 is 0.630 bits per heavy atom. The maximum absolute atomic E-state index is 9.61. The molecule has 15 heteroatoms. The van der Waals surface area contributed by atoms with Gasteiger partial charge in [0, 0.05) is 14.7 Å². The van der Waals surface area contributed by atoms with Gasteiger partial charge in [-0.3, -0.25) is 0 Å². The van der Waals surface area contributed by atoms with Crippen LogP contribution in [-0.4, -0.2) is 92.4 Å². The van der Waals surface area contributed by atoms with Crippen molar-refractivity contribution in [1.82, 2.24) is 0 Å². The zero-order chi connectivity index (χ0) is 20.3. The quantitative estimate of drug-likeness (QED) is 0.181. The van der Waals surface area contributed by atoms with Crippen LogP contribution in [0.2, 0.25) is 0 Å². The van der Waals surface area contributed by atoms with E-state index in [1.54, 1.807) is 0 Å². The summed E-state index contributed by atoms with van der Waals surface area (Å²) in [4.78, 5) is 7.56. The first-order valence-electron chi connectivity index (χ1n) is 7.87. The summed E-state index contributed by atoms with van der Waals surface area (Å²) in [5, 5.41) is 38.3. The molecule has 0 radical (unpaired) electrons. The number of aliphatic hydroxyl groups excluding tert-OH is 3. The number of azide groups is 3. The molecule has 0 aromatic heterocycles. The molecule has 0 aliphatic carbocycles. The molecule has 3 unspecified atom stereocenters. The molecule has 0 aliphatic heterocycles. The monoisotopic (exact) mass is 389 g/mol. The third-order valence-electron chi connectivity index (χ3n) is 2.82. The highest BCUT2D eigenvalue weighted by atomic mass is 16.6. The molecule has 0 heterocycles. The molecule has 152 valence electrons. The summed E-state index contributed by atoms with van der Waals surface area (Å²) < 4.78 is 15.9. The second-order valence-electron chi connectivity index (χ2n) is 5.23. The fourth-order valence-electron chi connectivity index (χ4n) is 1.61. The van der Waals surface area contributed by atoms with Crippen LogP contribution in [0, 0.1) is 0 Å². The SMILES string of the molecule is [N-]=[N+]=NCC(O)COCC(COCC(O)CN=[N+]=[N-])OCC(O)CN=[N+]=[N-]. The van der Waals surface area contributed by atoms with Crippen LogP contribution in [0.4, 0.5) is 0 Å². The lowest BCUT2D eigenvalue weighted by atomic mass is 10.3. The average Bonchev–Trinajstić information content (AvgIpc) is 2.66. The molecule has 0 saturated heterocycles. The molecule has 0 spiro atoms.